The summed E-state index contributed by atoms with van der Waals surface area (Å²) in [4.78, 5) is 17.9. The van der Waals surface area contributed by atoms with Gasteiger partial charge in [-0.25, -0.2) is 0 Å². The smallest absolute Gasteiger partial charge is 0.285 e. The number of methoxy groups -OCH3 is 1. The predicted molar refractivity (Wildman–Crippen MR) is 134 cm³/mol. The Bertz CT molecular complexity index is 1210. The number of benzene rings is 2. The van der Waals surface area contributed by atoms with Crippen LogP contribution in [-0.4, -0.2) is 69.3 Å². The fraction of sp³-hybridized carbons (Fsp3) is 0.462. The van der Waals surface area contributed by atoms with Crippen molar-refractivity contribution < 1.29 is 17.9 Å². The SMILES string of the molecule is COc1ccc([C@H](CNC(=O)[C@@H]2CCCN2C2=NS(=O)(=O)c3ccccc32)N2CCCCC2)cc1. The molecule has 0 saturated carbocycles. The van der Waals surface area contributed by atoms with Gasteiger partial charge in [-0.2, -0.15) is 8.42 Å². The Kier molecular flexibility index (Phi) is 6.80. The third-order valence-corrected chi connectivity index (χ3v) is 8.57. The number of fused-ring (bicyclic) bond motifs is 1. The molecule has 0 unspecified atom stereocenters. The number of piperidine rings is 1. The monoisotopic (exact) mass is 496 g/mol. The lowest BCUT2D eigenvalue weighted by Gasteiger charge is -2.35. The molecule has 2 atom stereocenters. The number of amidine groups is 1. The molecule has 3 aliphatic rings. The average molecular weight is 497 g/mol. The van der Waals surface area contributed by atoms with Gasteiger partial charge in [-0.05, 0) is 68.6 Å². The number of amides is 1. The molecular formula is C26H32N4O4S. The highest BCUT2D eigenvalue weighted by Crippen LogP contribution is 2.31. The van der Waals surface area contributed by atoms with Crippen LogP contribution < -0.4 is 10.1 Å². The van der Waals surface area contributed by atoms with Crippen LogP contribution in [0.4, 0.5) is 0 Å². The molecular weight excluding hydrogens is 464 g/mol. The maximum Gasteiger partial charge on any atom is 0.285 e. The van der Waals surface area contributed by atoms with Crippen molar-refractivity contribution in [3.05, 3.63) is 59.7 Å². The van der Waals surface area contributed by atoms with Crippen LogP contribution in [-0.2, 0) is 14.8 Å². The van der Waals surface area contributed by atoms with Crippen molar-refractivity contribution in [2.24, 2.45) is 4.40 Å². The topological polar surface area (TPSA) is 91.3 Å². The first kappa shape index (κ1) is 23.8. The standard InChI is InChI=1S/C26H32N4O4S/c1-34-20-13-11-19(12-14-20)23(29-15-5-2-6-16-29)18-27-26(31)22-9-7-17-30(22)25-21-8-3-4-10-24(21)35(32,33)28-25/h3-4,8,10-14,22-23H,2,5-7,9,15-18H2,1H3,(H,27,31)/t22-,23-/m0/s1. The molecule has 2 aromatic carbocycles. The van der Waals surface area contributed by atoms with Crippen LogP contribution in [0.15, 0.2) is 57.8 Å². The zero-order valence-electron chi connectivity index (χ0n) is 20.0. The van der Waals surface area contributed by atoms with E-state index in [4.69, 9.17) is 4.74 Å². The van der Waals surface area contributed by atoms with Crippen molar-refractivity contribution in [3.63, 3.8) is 0 Å². The van der Waals surface area contributed by atoms with Crippen molar-refractivity contribution in [1.29, 1.82) is 0 Å². The van der Waals surface area contributed by atoms with Crippen LogP contribution in [0.2, 0.25) is 0 Å². The fourth-order valence-electron chi connectivity index (χ4n) is 5.42. The molecule has 8 nitrogen and oxygen atoms in total. The first-order valence-corrected chi connectivity index (χ1v) is 13.8. The molecule has 0 aliphatic carbocycles. The molecule has 3 aliphatic heterocycles. The average Bonchev–Trinajstić information content (AvgIpc) is 3.48. The van der Waals surface area contributed by atoms with E-state index in [0.29, 0.717) is 30.9 Å². The van der Waals surface area contributed by atoms with Crippen LogP contribution in [0.1, 0.15) is 49.3 Å². The van der Waals surface area contributed by atoms with E-state index >= 15 is 0 Å². The lowest BCUT2D eigenvalue weighted by molar-refractivity contribution is -0.124. The number of sulfonamides is 1. The molecule has 35 heavy (non-hydrogen) atoms. The Balaban J connectivity index is 1.33. The number of nitrogens with zero attached hydrogens (tertiary/aromatic N) is 3. The van der Waals surface area contributed by atoms with E-state index in [1.807, 2.05) is 17.0 Å². The Labute approximate surface area is 207 Å². The number of nitrogens with one attached hydrogen (secondary N) is 1. The highest BCUT2D eigenvalue weighted by atomic mass is 32.2. The summed E-state index contributed by atoms with van der Waals surface area (Å²) in [6.07, 6.45) is 5.04. The number of rotatable bonds is 6. The Morgan fingerprint density at radius 3 is 2.54 bits per heavy atom. The zero-order chi connectivity index (χ0) is 24.4. The van der Waals surface area contributed by atoms with Crippen LogP contribution in [0, 0.1) is 0 Å². The molecule has 0 bridgehead atoms. The maximum atomic E-state index is 13.4. The molecule has 0 radical (unpaired) electrons. The third-order valence-electron chi connectivity index (χ3n) is 7.24. The summed E-state index contributed by atoms with van der Waals surface area (Å²) in [5.74, 6) is 1.12. The van der Waals surface area contributed by atoms with E-state index in [2.05, 4.69) is 26.7 Å². The Morgan fingerprint density at radius 2 is 1.80 bits per heavy atom. The molecule has 186 valence electrons. The minimum Gasteiger partial charge on any atom is -0.497 e. The summed E-state index contributed by atoms with van der Waals surface area (Å²) >= 11 is 0. The van der Waals surface area contributed by atoms with Gasteiger partial charge in [-0.3, -0.25) is 9.69 Å². The number of ether oxygens (including phenoxy) is 1. The van der Waals surface area contributed by atoms with E-state index in [-0.39, 0.29) is 16.8 Å². The second kappa shape index (κ2) is 9.99. The largest absolute Gasteiger partial charge is 0.497 e. The number of carbonyl (C=O) groups excluding carboxylic acids is 1. The van der Waals surface area contributed by atoms with Gasteiger partial charge < -0.3 is 15.0 Å². The lowest BCUT2D eigenvalue weighted by Crippen LogP contribution is -2.48. The normalized spacial score (nSPS) is 22.4. The predicted octanol–water partition coefficient (Wildman–Crippen LogP) is 2.95. The van der Waals surface area contributed by atoms with E-state index in [0.717, 1.165) is 43.7 Å². The van der Waals surface area contributed by atoms with Crippen LogP contribution in [0.25, 0.3) is 0 Å². The van der Waals surface area contributed by atoms with Crippen molar-refractivity contribution in [1.82, 2.24) is 15.1 Å². The molecule has 2 aromatic rings. The van der Waals surface area contributed by atoms with Crippen LogP contribution >= 0.6 is 0 Å². The van der Waals surface area contributed by atoms with E-state index in [1.54, 1.807) is 31.4 Å². The fourth-order valence-corrected chi connectivity index (χ4v) is 6.63. The second-order valence-corrected chi connectivity index (χ2v) is 10.9. The molecule has 5 rings (SSSR count). The molecule has 1 N–H and O–H groups in total. The highest BCUT2D eigenvalue weighted by Gasteiger charge is 2.39. The summed E-state index contributed by atoms with van der Waals surface area (Å²) in [7, 11) is -2.07. The first-order chi connectivity index (χ1) is 17.0. The van der Waals surface area contributed by atoms with Gasteiger partial charge >= 0.3 is 0 Å². The molecule has 9 heteroatoms. The molecule has 0 aromatic heterocycles. The summed E-state index contributed by atoms with van der Waals surface area (Å²) in [5, 5.41) is 3.19. The zero-order valence-corrected chi connectivity index (χ0v) is 20.8. The molecule has 2 saturated heterocycles. The third kappa shape index (κ3) is 4.79. The number of carbonyl (C=O) groups is 1. The highest BCUT2D eigenvalue weighted by molar-refractivity contribution is 7.90. The Morgan fingerprint density at radius 1 is 1.06 bits per heavy atom. The quantitative estimate of drug-likeness (QED) is 0.661. The lowest BCUT2D eigenvalue weighted by atomic mass is 10.0. The molecule has 0 spiro atoms. The molecule has 3 heterocycles. The molecule has 1 amide bonds. The van der Waals surface area contributed by atoms with E-state index in [1.165, 1.54) is 6.42 Å². The van der Waals surface area contributed by atoms with Gasteiger partial charge in [0, 0.05) is 18.7 Å². The summed E-state index contributed by atoms with van der Waals surface area (Å²) in [6, 6.07) is 14.5. The maximum absolute atomic E-state index is 13.4. The van der Waals surface area contributed by atoms with Crippen LogP contribution in [0.3, 0.4) is 0 Å². The van der Waals surface area contributed by atoms with Gasteiger partial charge in [0.2, 0.25) is 5.91 Å². The number of hydrogen-bond acceptors (Lipinski definition) is 6. The summed E-state index contributed by atoms with van der Waals surface area (Å²) < 4.78 is 34.5. The van der Waals surface area contributed by atoms with Crippen LogP contribution in [0.5, 0.6) is 5.75 Å². The van der Waals surface area contributed by atoms with Crippen molar-refractivity contribution >= 4 is 21.8 Å². The summed E-state index contributed by atoms with van der Waals surface area (Å²) in [6.45, 7) is 3.12. The summed E-state index contributed by atoms with van der Waals surface area (Å²) in [5.41, 5.74) is 1.73. The van der Waals surface area contributed by atoms with E-state index in [9.17, 15) is 13.2 Å². The van der Waals surface area contributed by atoms with Gasteiger partial charge in [0.15, 0.2) is 5.84 Å². The van der Waals surface area contributed by atoms with Gasteiger partial charge in [0.1, 0.15) is 16.7 Å². The number of likely N-dealkylation sites (tertiary alicyclic amines) is 2. The second-order valence-electron chi connectivity index (χ2n) is 9.37. The van der Waals surface area contributed by atoms with Gasteiger partial charge in [-0.1, -0.05) is 30.7 Å². The minimum atomic E-state index is -3.73. The van der Waals surface area contributed by atoms with Crippen molar-refractivity contribution in [2.45, 2.75) is 49.1 Å². The van der Waals surface area contributed by atoms with Gasteiger partial charge in [0.25, 0.3) is 10.0 Å². The van der Waals surface area contributed by atoms with Gasteiger partial charge in [-0.15, -0.1) is 4.40 Å². The number of hydrogen-bond donors (Lipinski definition) is 1. The van der Waals surface area contributed by atoms with Crippen molar-refractivity contribution in [2.75, 3.05) is 33.3 Å². The first-order valence-electron chi connectivity index (χ1n) is 12.3. The van der Waals surface area contributed by atoms with E-state index < -0.39 is 16.1 Å². The molecule has 2 fully saturated rings. The Hall–Kier alpha value is -2.91. The van der Waals surface area contributed by atoms with Gasteiger partial charge in [0.05, 0.1) is 13.2 Å². The van der Waals surface area contributed by atoms with Crippen molar-refractivity contribution in [3.8, 4) is 5.75 Å². The minimum absolute atomic E-state index is 0.0740.